The van der Waals surface area contributed by atoms with E-state index in [1.165, 1.54) is 6.20 Å². The van der Waals surface area contributed by atoms with E-state index in [2.05, 4.69) is 15.5 Å². The first-order valence-corrected chi connectivity index (χ1v) is 8.28. The van der Waals surface area contributed by atoms with E-state index in [1.54, 1.807) is 14.2 Å². The number of H-pyrrole nitrogens is 1. The fourth-order valence-electron chi connectivity index (χ4n) is 2.64. The molecular weight excluding hydrogens is 354 g/mol. The third-order valence-electron chi connectivity index (χ3n) is 3.95. The number of methoxy groups -OCH3 is 2. The average Bonchev–Trinajstić information content (AvgIpc) is 2.69. The van der Waals surface area contributed by atoms with Crippen LogP contribution in [0.4, 0.5) is 5.69 Å². The van der Waals surface area contributed by atoms with Crippen LogP contribution in [0.25, 0.3) is 0 Å². The van der Waals surface area contributed by atoms with Crippen LogP contribution >= 0.6 is 11.6 Å². The van der Waals surface area contributed by atoms with Gasteiger partial charge in [-0.15, -0.1) is 0 Å². The Morgan fingerprint density at radius 1 is 1.04 bits per heavy atom. The summed E-state index contributed by atoms with van der Waals surface area (Å²) in [6.07, 6.45) is 1.48. The van der Waals surface area contributed by atoms with Crippen molar-refractivity contribution >= 4 is 17.3 Å². The van der Waals surface area contributed by atoms with Crippen molar-refractivity contribution in [2.75, 3.05) is 19.5 Å². The zero-order valence-corrected chi connectivity index (χ0v) is 15.1. The van der Waals surface area contributed by atoms with Crippen LogP contribution in [0.2, 0.25) is 5.02 Å². The van der Waals surface area contributed by atoms with E-state index in [-0.39, 0.29) is 11.1 Å². The van der Waals surface area contributed by atoms with E-state index >= 15 is 0 Å². The van der Waals surface area contributed by atoms with E-state index < -0.39 is 5.56 Å². The lowest BCUT2D eigenvalue weighted by Gasteiger charge is -2.22. The lowest BCUT2D eigenvalue weighted by Crippen LogP contribution is -2.17. The van der Waals surface area contributed by atoms with Crippen LogP contribution in [-0.2, 0) is 0 Å². The lowest BCUT2D eigenvalue weighted by molar-refractivity contribution is 0.413. The Morgan fingerprint density at radius 3 is 2.15 bits per heavy atom. The monoisotopic (exact) mass is 371 g/mol. The van der Waals surface area contributed by atoms with Crippen molar-refractivity contribution in [3.05, 3.63) is 81.2 Å². The first kappa shape index (κ1) is 17.8. The molecule has 0 saturated heterocycles. The predicted octanol–water partition coefficient (Wildman–Crippen LogP) is 3.64. The SMILES string of the molecule is COc1cccc(C(Nc2cn[nH]c(=O)c2Cl)c2cccc(OC)c2)c1. The summed E-state index contributed by atoms with van der Waals surface area (Å²) in [6, 6.07) is 15.0. The normalized spacial score (nSPS) is 10.6. The Hall–Kier alpha value is -2.99. The van der Waals surface area contributed by atoms with Crippen molar-refractivity contribution in [1.82, 2.24) is 10.2 Å². The number of rotatable bonds is 6. The van der Waals surface area contributed by atoms with Crippen LogP contribution in [0, 0.1) is 0 Å². The van der Waals surface area contributed by atoms with Crippen LogP contribution in [-0.4, -0.2) is 24.4 Å². The molecule has 1 heterocycles. The fraction of sp³-hybridized carbons (Fsp3) is 0.158. The highest BCUT2D eigenvalue weighted by molar-refractivity contribution is 6.32. The van der Waals surface area contributed by atoms with Gasteiger partial charge in [0.15, 0.2) is 0 Å². The first-order chi connectivity index (χ1) is 12.6. The Balaban J connectivity index is 2.08. The van der Waals surface area contributed by atoms with Crippen LogP contribution in [0.3, 0.4) is 0 Å². The second kappa shape index (κ2) is 7.93. The highest BCUT2D eigenvalue weighted by Gasteiger charge is 2.18. The van der Waals surface area contributed by atoms with Crippen LogP contribution in [0.5, 0.6) is 11.5 Å². The summed E-state index contributed by atoms with van der Waals surface area (Å²) in [7, 11) is 3.23. The van der Waals surface area contributed by atoms with Crippen molar-refractivity contribution in [3.63, 3.8) is 0 Å². The molecular formula is C19H18ClN3O3. The van der Waals surface area contributed by atoms with Crippen molar-refractivity contribution < 1.29 is 9.47 Å². The number of ether oxygens (including phenoxy) is 2. The zero-order valence-electron chi connectivity index (χ0n) is 14.3. The molecule has 7 heteroatoms. The molecule has 134 valence electrons. The van der Waals surface area contributed by atoms with E-state index in [0.717, 1.165) is 22.6 Å². The van der Waals surface area contributed by atoms with Crippen molar-refractivity contribution in [2.45, 2.75) is 6.04 Å². The molecule has 2 aromatic carbocycles. The standard InChI is InChI=1S/C19H18ClN3O3/c1-25-14-7-3-5-12(9-14)18(13-6-4-8-15(10-13)26-2)22-16-11-21-23-19(24)17(16)20/h3-11,18H,1-2H3,(H2,22,23,24). The molecule has 0 saturated carbocycles. The van der Waals surface area contributed by atoms with Gasteiger partial charge in [0, 0.05) is 0 Å². The molecule has 0 bridgehead atoms. The quantitative estimate of drug-likeness (QED) is 0.691. The van der Waals surface area contributed by atoms with E-state index in [4.69, 9.17) is 21.1 Å². The number of benzene rings is 2. The maximum Gasteiger partial charge on any atom is 0.285 e. The molecule has 0 atom stereocenters. The van der Waals surface area contributed by atoms with Gasteiger partial charge in [-0.3, -0.25) is 4.79 Å². The number of nitrogens with zero attached hydrogens (tertiary/aromatic N) is 1. The van der Waals surface area contributed by atoms with Gasteiger partial charge in [-0.05, 0) is 35.4 Å². The molecule has 0 amide bonds. The lowest BCUT2D eigenvalue weighted by atomic mass is 9.98. The number of hydrogen-bond acceptors (Lipinski definition) is 5. The van der Waals surface area contributed by atoms with Crippen LogP contribution in [0.1, 0.15) is 17.2 Å². The molecule has 6 nitrogen and oxygen atoms in total. The highest BCUT2D eigenvalue weighted by Crippen LogP contribution is 2.31. The molecule has 0 aliphatic heterocycles. The number of aromatic nitrogens is 2. The maximum atomic E-state index is 11.8. The van der Waals surface area contributed by atoms with Crippen molar-refractivity contribution in [2.24, 2.45) is 0 Å². The van der Waals surface area contributed by atoms with Gasteiger partial charge in [-0.25, -0.2) is 5.10 Å². The third-order valence-corrected chi connectivity index (χ3v) is 4.32. The van der Waals surface area contributed by atoms with Gasteiger partial charge >= 0.3 is 0 Å². The van der Waals surface area contributed by atoms with E-state index in [0.29, 0.717) is 5.69 Å². The Morgan fingerprint density at radius 2 is 1.62 bits per heavy atom. The van der Waals surface area contributed by atoms with E-state index in [1.807, 2.05) is 48.5 Å². The number of nitrogens with one attached hydrogen (secondary N) is 2. The molecule has 0 unspecified atom stereocenters. The van der Waals surface area contributed by atoms with E-state index in [9.17, 15) is 4.79 Å². The minimum absolute atomic E-state index is 0.0517. The second-order valence-corrected chi connectivity index (χ2v) is 5.94. The number of anilines is 1. The molecule has 3 rings (SSSR count). The van der Waals surface area contributed by atoms with Crippen LogP contribution in [0.15, 0.2) is 59.5 Å². The molecule has 1 aromatic heterocycles. The number of halogens is 1. The first-order valence-electron chi connectivity index (χ1n) is 7.90. The Bertz CT molecular complexity index is 911. The molecule has 3 aromatic rings. The summed E-state index contributed by atoms with van der Waals surface area (Å²) in [4.78, 5) is 11.8. The van der Waals surface area contributed by atoms with Crippen molar-refractivity contribution in [3.8, 4) is 11.5 Å². The number of hydrogen-bond donors (Lipinski definition) is 2. The second-order valence-electron chi connectivity index (χ2n) is 5.56. The summed E-state index contributed by atoms with van der Waals surface area (Å²) in [5, 5.41) is 9.48. The minimum atomic E-state index is -0.452. The zero-order chi connectivity index (χ0) is 18.5. The third kappa shape index (κ3) is 3.81. The van der Waals surface area contributed by atoms with Gasteiger partial charge in [0.25, 0.3) is 5.56 Å². The fourth-order valence-corrected chi connectivity index (χ4v) is 2.79. The Labute approximate surface area is 155 Å². The summed E-state index contributed by atoms with van der Waals surface area (Å²) in [5.41, 5.74) is 1.86. The van der Waals surface area contributed by atoms with Gasteiger partial charge < -0.3 is 14.8 Å². The Kier molecular flexibility index (Phi) is 5.43. The number of aromatic amines is 1. The summed E-state index contributed by atoms with van der Waals surface area (Å²) in [5.74, 6) is 1.46. The van der Waals surface area contributed by atoms with Gasteiger partial charge in [-0.2, -0.15) is 5.10 Å². The predicted molar refractivity (Wildman–Crippen MR) is 101 cm³/mol. The van der Waals surface area contributed by atoms with Crippen LogP contribution < -0.4 is 20.3 Å². The molecule has 0 aliphatic carbocycles. The summed E-state index contributed by atoms with van der Waals surface area (Å²) < 4.78 is 10.7. The molecule has 0 fully saturated rings. The molecule has 0 spiro atoms. The minimum Gasteiger partial charge on any atom is -0.497 e. The molecule has 0 radical (unpaired) electrons. The van der Waals surface area contributed by atoms with Gasteiger partial charge in [0.05, 0.1) is 32.1 Å². The average molecular weight is 372 g/mol. The highest BCUT2D eigenvalue weighted by atomic mass is 35.5. The molecule has 0 aliphatic rings. The largest absolute Gasteiger partial charge is 0.497 e. The van der Waals surface area contributed by atoms with Crippen molar-refractivity contribution in [1.29, 1.82) is 0 Å². The molecule has 2 N–H and O–H groups in total. The van der Waals surface area contributed by atoms with Gasteiger partial charge in [0.1, 0.15) is 16.5 Å². The van der Waals surface area contributed by atoms with Gasteiger partial charge in [0.2, 0.25) is 0 Å². The molecule has 26 heavy (non-hydrogen) atoms. The summed E-state index contributed by atoms with van der Waals surface area (Å²) in [6.45, 7) is 0. The van der Waals surface area contributed by atoms with Gasteiger partial charge in [-0.1, -0.05) is 35.9 Å². The summed E-state index contributed by atoms with van der Waals surface area (Å²) >= 11 is 6.13. The maximum absolute atomic E-state index is 11.8. The topological polar surface area (TPSA) is 76.2 Å². The smallest absolute Gasteiger partial charge is 0.285 e.